The number of carbonyl (C=O) groups excluding carboxylic acids is 3. The quantitative estimate of drug-likeness (QED) is 0.486. The van der Waals surface area contributed by atoms with E-state index in [-0.39, 0.29) is 30.5 Å². The van der Waals surface area contributed by atoms with E-state index >= 15 is 0 Å². The molecule has 32 heavy (non-hydrogen) atoms. The number of fused-ring (bicyclic) bond motifs is 1. The maximum atomic E-state index is 13.1. The van der Waals surface area contributed by atoms with Gasteiger partial charge in [0.15, 0.2) is 5.78 Å². The average Bonchev–Trinajstić information content (AvgIpc) is 3.34. The molecule has 0 saturated carbocycles. The predicted molar refractivity (Wildman–Crippen MR) is 120 cm³/mol. The summed E-state index contributed by atoms with van der Waals surface area (Å²) in [5.74, 6) is 0.0276. The number of phenolic OH excluding ortho intramolecular Hbond substituents is 1. The van der Waals surface area contributed by atoms with E-state index in [9.17, 15) is 19.5 Å². The van der Waals surface area contributed by atoms with Crippen LogP contribution in [0.5, 0.6) is 5.75 Å². The van der Waals surface area contributed by atoms with Gasteiger partial charge in [-0.25, -0.2) is 9.59 Å². The number of para-hydroxylation sites is 2. The van der Waals surface area contributed by atoms with Crippen LogP contribution in [0.4, 0.5) is 15.3 Å². The Morgan fingerprint density at radius 2 is 1.81 bits per heavy atom. The van der Waals surface area contributed by atoms with E-state index in [1.165, 1.54) is 15.7 Å². The van der Waals surface area contributed by atoms with Gasteiger partial charge in [-0.15, -0.1) is 0 Å². The first-order chi connectivity index (χ1) is 15.3. The molecule has 1 aliphatic heterocycles. The van der Waals surface area contributed by atoms with Gasteiger partial charge < -0.3 is 26.8 Å². The minimum atomic E-state index is -0.665. The molecule has 9 heteroatoms. The van der Waals surface area contributed by atoms with Crippen LogP contribution >= 0.6 is 0 Å². The number of carbonyl (C=O) groups is 3. The van der Waals surface area contributed by atoms with Crippen LogP contribution in [0.15, 0.2) is 54.7 Å². The maximum Gasteiger partial charge on any atom is 0.323 e. The number of primary amides is 1. The SMILES string of the molecule is NC(=O)n1cc(NC(=O)N2C[C@@H](N)C[C@H]2C(=O)CCc2ccccc2O)c2ccccc21. The first kappa shape index (κ1) is 21.4. The third-order valence-corrected chi connectivity index (χ3v) is 5.79. The number of urea groups is 1. The number of rotatable bonds is 5. The van der Waals surface area contributed by atoms with Crippen molar-refractivity contribution in [2.75, 3.05) is 11.9 Å². The first-order valence-corrected chi connectivity index (χ1v) is 10.4. The number of nitrogens with zero attached hydrogens (tertiary/aromatic N) is 2. The summed E-state index contributed by atoms with van der Waals surface area (Å²) < 4.78 is 1.26. The number of phenols is 1. The molecule has 0 aliphatic carbocycles. The Bertz CT molecular complexity index is 1190. The van der Waals surface area contributed by atoms with Crippen molar-refractivity contribution >= 4 is 34.4 Å². The van der Waals surface area contributed by atoms with Crippen LogP contribution in [0.2, 0.25) is 0 Å². The Labute approximate surface area is 184 Å². The highest BCUT2D eigenvalue weighted by Crippen LogP contribution is 2.28. The van der Waals surface area contributed by atoms with Crippen LogP contribution in [-0.2, 0) is 11.2 Å². The summed E-state index contributed by atoms with van der Waals surface area (Å²) in [5, 5.41) is 13.4. The minimum Gasteiger partial charge on any atom is -0.508 e. The lowest BCUT2D eigenvalue weighted by atomic mass is 10.0. The molecule has 0 spiro atoms. The van der Waals surface area contributed by atoms with Crippen LogP contribution in [0.3, 0.4) is 0 Å². The minimum absolute atomic E-state index is 0.115. The van der Waals surface area contributed by atoms with Gasteiger partial charge in [-0.1, -0.05) is 36.4 Å². The second-order valence-corrected chi connectivity index (χ2v) is 7.96. The normalized spacial score (nSPS) is 18.1. The largest absolute Gasteiger partial charge is 0.508 e. The van der Waals surface area contributed by atoms with Crippen molar-refractivity contribution in [3.05, 3.63) is 60.3 Å². The summed E-state index contributed by atoms with van der Waals surface area (Å²) in [6.45, 7) is 0.243. The molecular formula is C23H25N5O4. The van der Waals surface area contributed by atoms with Gasteiger partial charge in [0.2, 0.25) is 0 Å². The number of hydrogen-bond acceptors (Lipinski definition) is 5. The third kappa shape index (κ3) is 4.15. The molecule has 2 aromatic carbocycles. The number of nitrogens with two attached hydrogens (primary N) is 2. The van der Waals surface area contributed by atoms with Gasteiger partial charge in [-0.2, -0.15) is 0 Å². The number of benzene rings is 2. The summed E-state index contributed by atoms with van der Waals surface area (Å²) >= 11 is 0. The summed E-state index contributed by atoms with van der Waals surface area (Å²) in [4.78, 5) is 39.2. The molecule has 3 aromatic rings. The Morgan fingerprint density at radius 3 is 2.56 bits per heavy atom. The molecule has 1 fully saturated rings. The lowest BCUT2D eigenvalue weighted by Crippen LogP contribution is -2.43. The lowest BCUT2D eigenvalue weighted by molar-refractivity contribution is -0.122. The van der Waals surface area contributed by atoms with Crippen molar-refractivity contribution in [2.45, 2.75) is 31.3 Å². The molecule has 1 aromatic heterocycles. The van der Waals surface area contributed by atoms with E-state index in [0.29, 0.717) is 35.0 Å². The number of aromatic hydroxyl groups is 1. The number of likely N-dealkylation sites (tertiary alicyclic amines) is 1. The number of amides is 3. The van der Waals surface area contributed by atoms with Gasteiger partial charge in [0.25, 0.3) is 0 Å². The Balaban J connectivity index is 1.50. The molecule has 9 nitrogen and oxygen atoms in total. The van der Waals surface area contributed by atoms with Gasteiger partial charge >= 0.3 is 12.1 Å². The summed E-state index contributed by atoms with van der Waals surface area (Å²) in [6.07, 6.45) is 2.39. The third-order valence-electron chi connectivity index (χ3n) is 5.79. The summed E-state index contributed by atoms with van der Waals surface area (Å²) in [6, 6.07) is 11.8. The monoisotopic (exact) mass is 435 g/mol. The number of aryl methyl sites for hydroxylation is 1. The molecule has 1 saturated heterocycles. The Kier molecular flexibility index (Phi) is 5.83. The number of hydrogen-bond donors (Lipinski definition) is 4. The van der Waals surface area contributed by atoms with Gasteiger partial charge in [0.1, 0.15) is 5.75 Å². The van der Waals surface area contributed by atoms with Gasteiger partial charge in [-0.3, -0.25) is 9.36 Å². The smallest absolute Gasteiger partial charge is 0.323 e. The number of ketones is 1. The highest BCUT2D eigenvalue weighted by molar-refractivity contribution is 6.05. The van der Waals surface area contributed by atoms with Crippen LogP contribution in [0.1, 0.15) is 18.4 Å². The molecule has 2 atom stereocenters. The molecule has 4 rings (SSSR count). The highest BCUT2D eigenvalue weighted by atomic mass is 16.3. The van der Waals surface area contributed by atoms with E-state index in [0.717, 1.165) is 0 Å². The molecule has 3 amide bonds. The second-order valence-electron chi connectivity index (χ2n) is 7.96. The van der Waals surface area contributed by atoms with E-state index in [2.05, 4.69) is 5.32 Å². The molecular weight excluding hydrogens is 410 g/mol. The fourth-order valence-corrected chi connectivity index (χ4v) is 4.19. The van der Waals surface area contributed by atoms with Crippen molar-refractivity contribution < 1.29 is 19.5 Å². The van der Waals surface area contributed by atoms with E-state index in [1.807, 2.05) is 0 Å². The van der Waals surface area contributed by atoms with Gasteiger partial charge in [-0.05, 0) is 30.5 Å². The fourth-order valence-electron chi connectivity index (χ4n) is 4.19. The molecule has 0 radical (unpaired) electrons. The van der Waals surface area contributed by atoms with E-state index < -0.39 is 18.1 Å². The second kappa shape index (κ2) is 8.72. The fraction of sp³-hybridized carbons (Fsp3) is 0.261. The van der Waals surface area contributed by atoms with Crippen molar-refractivity contribution in [1.82, 2.24) is 9.47 Å². The molecule has 0 unspecified atom stereocenters. The highest BCUT2D eigenvalue weighted by Gasteiger charge is 2.38. The van der Waals surface area contributed by atoms with Crippen molar-refractivity contribution in [3.63, 3.8) is 0 Å². The van der Waals surface area contributed by atoms with Crippen LogP contribution in [0.25, 0.3) is 10.9 Å². The van der Waals surface area contributed by atoms with Crippen LogP contribution in [-0.4, -0.2) is 51.0 Å². The van der Waals surface area contributed by atoms with Crippen molar-refractivity contribution in [2.24, 2.45) is 11.5 Å². The standard InChI is InChI=1S/C23H25N5O4/c24-15-11-19(21(30)10-9-14-5-1-4-8-20(14)29)28(12-15)23(32)26-17-13-27(22(25)31)18-7-3-2-6-16(17)18/h1-8,13,15,19,29H,9-12,24H2,(H2,25,31)(H,26,32)/t15-,19-/m0/s1. The number of anilines is 1. The average molecular weight is 435 g/mol. The van der Waals surface area contributed by atoms with Gasteiger partial charge in [0.05, 0.1) is 17.2 Å². The van der Waals surface area contributed by atoms with Crippen LogP contribution in [0, 0.1) is 0 Å². The van der Waals surface area contributed by atoms with E-state index in [1.54, 1.807) is 48.5 Å². The molecule has 0 bridgehead atoms. The topological polar surface area (TPSA) is 144 Å². The van der Waals surface area contributed by atoms with Crippen LogP contribution < -0.4 is 16.8 Å². The Hall–Kier alpha value is -3.85. The molecule has 2 heterocycles. The molecule has 166 valence electrons. The van der Waals surface area contributed by atoms with Crippen molar-refractivity contribution in [3.8, 4) is 5.75 Å². The maximum absolute atomic E-state index is 13.1. The first-order valence-electron chi connectivity index (χ1n) is 10.4. The summed E-state index contributed by atoms with van der Waals surface area (Å²) in [5.41, 5.74) is 13.2. The molecule has 1 aliphatic rings. The Morgan fingerprint density at radius 1 is 1.09 bits per heavy atom. The lowest BCUT2D eigenvalue weighted by Gasteiger charge is -2.24. The van der Waals surface area contributed by atoms with E-state index in [4.69, 9.17) is 11.5 Å². The zero-order valence-corrected chi connectivity index (χ0v) is 17.4. The van der Waals surface area contributed by atoms with Gasteiger partial charge in [0, 0.05) is 30.6 Å². The summed E-state index contributed by atoms with van der Waals surface area (Å²) in [7, 11) is 0. The predicted octanol–water partition coefficient (Wildman–Crippen LogP) is 2.41. The van der Waals surface area contributed by atoms with Crippen molar-refractivity contribution in [1.29, 1.82) is 0 Å². The number of aromatic nitrogens is 1. The number of nitrogens with one attached hydrogen (secondary N) is 1. The zero-order chi connectivity index (χ0) is 22.8. The number of Topliss-reactive ketones (excluding diaryl/α,β-unsaturated/α-hetero) is 1. The zero-order valence-electron chi connectivity index (χ0n) is 17.4. The molecule has 6 N–H and O–H groups in total.